The van der Waals surface area contributed by atoms with E-state index in [4.69, 9.17) is 0 Å². The Morgan fingerprint density at radius 2 is 2.07 bits per heavy atom. The van der Waals surface area contributed by atoms with Gasteiger partial charge in [0.2, 0.25) is 5.92 Å². The van der Waals surface area contributed by atoms with E-state index >= 15 is 0 Å². The van der Waals surface area contributed by atoms with Crippen LogP contribution in [0.2, 0.25) is 0 Å². The number of halogens is 2. The average molecular weight is 205 g/mol. The molecular formula is C10H17F2NO. The van der Waals surface area contributed by atoms with E-state index in [2.05, 4.69) is 5.32 Å². The lowest BCUT2D eigenvalue weighted by molar-refractivity contribution is -0.132. The van der Waals surface area contributed by atoms with Gasteiger partial charge < -0.3 is 10.4 Å². The zero-order chi connectivity index (χ0) is 10.2. The molecule has 0 aromatic rings. The summed E-state index contributed by atoms with van der Waals surface area (Å²) in [6.07, 6.45) is 2.17. The van der Waals surface area contributed by atoms with Crippen molar-refractivity contribution in [3.05, 3.63) is 0 Å². The minimum absolute atomic E-state index is 0.0231. The van der Waals surface area contributed by atoms with Gasteiger partial charge in [0.25, 0.3) is 0 Å². The predicted octanol–water partition coefficient (Wildman–Crippen LogP) is 1.54. The van der Waals surface area contributed by atoms with Gasteiger partial charge in [-0.25, -0.2) is 8.78 Å². The molecule has 2 aliphatic rings. The fourth-order valence-corrected chi connectivity index (χ4v) is 2.59. The first-order valence-electron chi connectivity index (χ1n) is 5.30. The van der Waals surface area contributed by atoms with Crippen molar-refractivity contribution in [3.8, 4) is 0 Å². The lowest BCUT2D eigenvalue weighted by Crippen LogP contribution is -2.49. The first kappa shape index (κ1) is 10.3. The van der Waals surface area contributed by atoms with E-state index in [-0.39, 0.29) is 18.8 Å². The van der Waals surface area contributed by atoms with Gasteiger partial charge in [-0.2, -0.15) is 0 Å². The van der Waals surface area contributed by atoms with Crippen molar-refractivity contribution in [3.63, 3.8) is 0 Å². The molecule has 1 saturated carbocycles. The maximum absolute atomic E-state index is 12.6. The summed E-state index contributed by atoms with van der Waals surface area (Å²) in [5.74, 6) is -2.43. The Labute approximate surface area is 82.7 Å². The summed E-state index contributed by atoms with van der Waals surface area (Å²) in [4.78, 5) is 0. The van der Waals surface area contributed by atoms with Gasteiger partial charge in [-0.1, -0.05) is 0 Å². The minimum Gasteiger partial charge on any atom is -0.389 e. The fourth-order valence-electron chi connectivity index (χ4n) is 2.59. The maximum atomic E-state index is 12.6. The van der Waals surface area contributed by atoms with Gasteiger partial charge in [0.05, 0.1) is 5.60 Å². The van der Waals surface area contributed by atoms with Crippen molar-refractivity contribution in [2.24, 2.45) is 5.92 Å². The highest BCUT2D eigenvalue weighted by Crippen LogP contribution is 2.46. The Morgan fingerprint density at radius 3 is 2.57 bits per heavy atom. The second-order valence-electron chi connectivity index (χ2n) is 4.84. The minimum atomic E-state index is -2.46. The molecule has 0 radical (unpaired) electrons. The fraction of sp³-hybridized carbons (Fsp3) is 1.00. The number of nitrogens with one attached hydrogen (secondary N) is 1. The van der Waals surface area contributed by atoms with E-state index in [0.717, 1.165) is 19.4 Å². The van der Waals surface area contributed by atoms with Crippen molar-refractivity contribution in [1.82, 2.24) is 5.32 Å². The van der Waals surface area contributed by atoms with E-state index in [9.17, 15) is 13.9 Å². The average Bonchev–Trinajstić information content (AvgIpc) is 2.01. The Morgan fingerprint density at radius 1 is 1.36 bits per heavy atom. The van der Waals surface area contributed by atoms with Crippen LogP contribution in [0.3, 0.4) is 0 Å². The van der Waals surface area contributed by atoms with E-state index in [0.29, 0.717) is 13.0 Å². The zero-order valence-corrected chi connectivity index (χ0v) is 8.23. The summed E-state index contributed by atoms with van der Waals surface area (Å²) in [5.41, 5.74) is -0.723. The molecule has 0 spiro atoms. The van der Waals surface area contributed by atoms with Gasteiger partial charge in [-0.3, -0.25) is 0 Å². The van der Waals surface area contributed by atoms with E-state index in [1.165, 1.54) is 0 Å². The van der Waals surface area contributed by atoms with Crippen LogP contribution in [0.15, 0.2) is 0 Å². The predicted molar refractivity (Wildman–Crippen MR) is 49.3 cm³/mol. The molecule has 4 heteroatoms. The highest BCUT2D eigenvalue weighted by atomic mass is 19.3. The first-order chi connectivity index (χ1) is 6.49. The van der Waals surface area contributed by atoms with Crippen LogP contribution in [0, 0.1) is 5.92 Å². The lowest BCUT2D eigenvalue weighted by atomic mass is 9.73. The van der Waals surface area contributed by atoms with Gasteiger partial charge in [0.15, 0.2) is 0 Å². The largest absolute Gasteiger partial charge is 0.389 e. The van der Waals surface area contributed by atoms with Crippen LogP contribution in [0.25, 0.3) is 0 Å². The Hall–Kier alpha value is -0.220. The van der Waals surface area contributed by atoms with Crippen LogP contribution >= 0.6 is 0 Å². The van der Waals surface area contributed by atoms with Crippen molar-refractivity contribution in [2.75, 3.05) is 13.1 Å². The second kappa shape index (κ2) is 3.42. The number of hydrogen-bond donors (Lipinski definition) is 2. The molecule has 1 aliphatic carbocycles. The number of hydrogen-bond acceptors (Lipinski definition) is 2. The molecule has 0 aromatic heterocycles. The van der Waals surface area contributed by atoms with Gasteiger partial charge in [0.1, 0.15) is 0 Å². The Balaban J connectivity index is 1.79. The number of β-amino-alcohol motifs (C(OH)–C–C–N with tert-alkyl or cyclic N) is 1. The third-order valence-electron chi connectivity index (χ3n) is 3.29. The molecule has 2 rings (SSSR count). The van der Waals surface area contributed by atoms with Crippen molar-refractivity contribution in [2.45, 2.75) is 43.6 Å². The molecule has 1 saturated heterocycles. The molecule has 2 nitrogen and oxygen atoms in total. The molecule has 82 valence electrons. The van der Waals surface area contributed by atoms with Crippen LogP contribution in [0.5, 0.6) is 0 Å². The third kappa shape index (κ3) is 2.23. The highest BCUT2D eigenvalue weighted by Gasteiger charge is 2.48. The van der Waals surface area contributed by atoms with E-state index in [1.807, 2.05) is 0 Å². The number of rotatable bonds is 2. The maximum Gasteiger partial charge on any atom is 0.248 e. The molecular weight excluding hydrogens is 188 g/mol. The molecule has 14 heavy (non-hydrogen) atoms. The standard InChI is InChI=1S/C10H17F2NO/c11-10(12)5-8(6-10)4-9(14)2-1-3-13-7-9/h8,13-14H,1-7H2. The highest BCUT2D eigenvalue weighted by molar-refractivity contribution is 4.94. The summed E-state index contributed by atoms with van der Waals surface area (Å²) in [5, 5.41) is 13.2. The van der Waals surface area contributed by atoms with Gasteiger partial charge in [0, 0.05) is 19.4 Å². The zero-order valence-electron chi connectivity index (χ0n) is 8.23. The quantitative estimate of drug-likeness (QED) is 0.716. The second-order valence-corrected chi connectivity index (χ2v) is 4.84. The van der Waals surface area contributed by atoms with Gasteiger partial charge in [-0.05, 0) is 31.7 Å². The summed E-state index contributed by atoms with van der Waals surface area (Å²) in [7, 11) is 0. The molecule has 1 heterocycles. The molecule has 1 unspecified atom stereocenters. The molecule has 0 amide bonds. The van der Waals surface area contributed by atoms with E-state index in [1.54, 1.807) is 0 Å². The summed E-state index contributed by atoms with van der Waals surface area (Å²) in [6, 6.07) is 0. The molecule has 1 aliphatic heterocycles. The third-order valence-corrected chi connectivity index (χ3v) is 3.29. The monoisotopic (exact) mass is 205 g/mol. The molecule has 1 atom stereocenters. The molecule has 2 N–H and O–H groups in total. The van der Waals surface area contributed by atoms with Crippen LogP contribution in [-0.4, -0.2) is 29.7 Å². The summed E-state index contributed by atoms with van der Waals surface area (Å²) in [6.45, 7) is 1.50. The number of alkyl halides is 2. The normalized spacial score (nSPS) is 37.9. The van der Waals surface area contributed by atoms with Crippen molar-refractivity contribution < 1.29 is 13.9 Å². The van der Waals surface area contributed by atoms with Crippen LogP contribution in [0.4, 0.5) is 8.78 Å². The SMILES string of the molecule is OC1(CC2CC(F)(F)C2)CCCNC1. The first-order valence-corrected chi connectivity index (χ1v) is 5.30. The van der Waals surface area contributed by atoms with Crippen LogP contribution in [0.1, 0.15) is 32.1 Å². The lowest BCUT2D eigenvalue weighted by Gasteiger charge is -2.41. The van der Waals surface area contributed by atoms with Gasteiger partial charge in [-0.15, -0.1) is 0 Å². The van der Waals surface area contributed by atoms with Gasteiger partial charge >= 0.3 is 0 Å². The topological polar surface area (TPSA) is 32.3 Å². The summed E-state index contributed by atoms with van der Waals surface area (Å²) < 4.78 is 25.1. The smallest absolute Gasteiger partial charge is 0.248 e. The Bertz CT molecular complexity index is 206. The summed E-state index contributed by atoms with van der Waals surface area (Å²) >= 11 is 0. The number of aliphatic hydroxyl groups is 1. The van der Waals surface area contributed by atoms with Crippen molar-refractivity contribution >= 4 is 0 Å². The van der Waals surface area contributed by atoms with Crippen molar-refractivity contribution in [1.29, 1.82) is 0 Å². The van der Waals surface area contributed by atoms with E-state index < -0.39 is 11.5 Å². The molecule has 0 bridgehead atoms. The molecule has 0 aromatic carbocycles. The Kier molecular flexibility index (Phi) is 2.52. The van der Waals surface area contributed by atoms with Crippen LogP contribution < -0.4 is 5.32 Å². The molecule has 2 fully saturated rings. The number of piperidine rings is 1. The van der Waals surface area contributed by atoms with Crippen LogP contribution in [-0.2, 0) is 0 Å².